The standard InChI is InChI=1S/C9H7ClO.C4H8O2/c10-9(11)7-6-8-4-2-1-3-5-8;1-2-4-6-5-3-1/h1-7H;1-4H2. The lowest BCUT2D eigenvalue weighted by Gasteiger charge is -2.07. The molecule has 0 bridgehead atoms. The quantitative estimate of drug-likeness (QED) is 0.462. The fourth-order valence-corrected chi connectivity index (χ4v) is 1.23. The third-order valence-electron chi connectivity index (χ3n) is 2.00. The molecule has 1 heterocycles. The van der Waals surface area contributed by atoms with Gasteiger partial charge in [-0.2, -0.15) is 0 Å². The van der Waals surface area contributed by atoms with E-state index < -0.39 is 5.24 Å². The fraction of sp³-hybridized carbons (Fsp3) is 0.308. The SMILES string of the molecule is C1CCOOC1.O=C(Cl)C=Cc1ccccc1. The number of allylic oxidation sites excluding steroid dienone is 1. The summed E-state index contributed by atoms with van der Waals surface area (Å²) < 4.78 is 0. The minimum absolute atomic E-state index is 0.450. The zero-order chi connectivity index (χ0) is 12.3. The highest BCUT2D eigenvalue weighted by atomic mass is 35.5. The Bertz CT molecular complexity index is 333. The molecule has 0 aliphatic carbocycles. The Labute approximate surface area is 106 Å². The van der Waals surface area contributed by atoms with E-state index in [2.05, 4.69) is 9.78 Å². The van der Waals surface area contributed by atoms with Crippen LogP contribution in [0.2, 0.25) is 0 Å². The van der Waals surface area contributed by atoms with Crippen molar-refractivity contribution in [1.82, 2.24) is 0 Å². The van der Waals surface area contributed by atoms with E-state index in [1.54, 1.807) is 6.08 Å². The minimum Gasteiger partial charge on any atom is -0.276 e. The lowest BCUT2D eigenvalue weighted by molar-refractivity contribution is -0.312. The normalized spacial score (nSPS) is 15.1. The van der Waals surface area contributed by atoms with Crippen LogP contribution in [0.1, 0.15) is 18.4 Å². The van der Waals surface area contributed by atoms with E-state index in [0.29, 0.717) is 0 Å². The molecule has 4 heteroatoms. The van der Waals surface area contributed by atoms with Crippen LogP contribution in [0.25, 0.3) is 6.08 Å². The van der Waals surface area contributed by atoms with Gasteiger partial charge in [-0.3, -0.25) is 4.79 Å². The van der Waals surface area contributed by atoms with E-state index in [0.717, 1.165) is 31.6 Å². The van der Waals surface area contributed by atoms with Gasteiger partial charge in [0.25, 0.3) is 0 Å². The van der Waals surface area contributed by atoms with Gasteiger partial charge in [0.15, 0.2) is 0 Å². The van der Waals surface area contributed by atoms with Gasteiger partial charge >= 0.3 is 0 Å². The highest BCUT2D eigenvalue weighted by Gasteiger charge is 1.95. The molecule has 0 saturated carbocycles. The van der Waals surface area contributed by atoms with Crippen LogP contribution in [0.15, 0.2) is 36.4 Å². The van der Waals surface area contributed by atoms with Gasteiger partial charge in [-0.25, -0.2) is 9.78 Å². The predicted molar refractivity (Wildman–Crippen MR) is 67.5 cm³/mol. The molecule has 92 valence electrons. The summed E-state index contributed by atoms with van der Waals surface area (Å²) in [5.41, 5.74) is 0.974. The molecule has 0 unspecified atom stereocenters. The molecule has 0 amide bonds. The zero-order valence-corrected chi connectivity index (χ0v) is 10.2. The molecular weight excluding hydrogens is 240 g/mol. The molecular formula is C13H15ClO3. The van der Waals surface area contributed by atoms with E-state index in [1.165, 1.54) is 6.08 Å². The zero-order valence-electron chi connectivity index (χ0n) is 9.47. The molecule has 2 rings (SSSR count). The van der Waals surface area contributed by atoms with Crippen LogP contribution in [-0.2, 0) is 14.6 Å². The van der Waals surface area contributed by atoms with Crippen molar-refractivity contribution in [3.63, 3.8) is 0 Å². The number of benzene rings is 1. The maximum atomic E-state index is 10.3. The molecule has 0 atom stereocenters. The molecule has 3 nitrogen and oxygen atoms in total. The third-order valence-corrected chi connectivity index (χ3v) is 2.12. The summed E-state index contributed by atoms with van der Waals surface area (Å²) in [5.74, 6) is 0. The largest absolute Gasteiger partial charge is 0.276 e. The van der Waals surface area contributed by atoms with Crippen LogP contribution < -0.4 is 0 Å². The number of halogens is 1. The van der Waals surface area contributed by atoms with Crippen molar-refractivity contribution in [2.24, 2.45) is 0 Å². The summed E-state index contributed by atoms with van der Waals surface area (Å²) in [6, 6.07) is 9.52. The summed E-state index contributed by atoms with van der Waals surface area (Å²) in [6.45, 7) is 1.56. The molecule has 1 saturated heterocycles. The summed E-state index contributed by atoms with van der Waals surface area (Å²) in [5, 5.41) is -0.450. The van der Waals surface area contributed by atoms with Crippen molar-refractivity contribution in [3.8, 4) is 0 Å². The lowest BCUT2D eigenvalue weighted by Crippen LogP contribution is -2.05. The van der Waals surface area contributed by atoms with Crippen LogP contribution in [-0.4, -0.2) is 18.5 Å². The summed E-state index contributed by atoms with van der Waals surface area (Å²) in [7, 11) is 0. The summed E-state index contributed by atoms with van der Waals surface area (Å²) in [6.07, 6.45) is 5.31. The number of hydrogen-bond acceptors (Lipinski definition) is 3. The lowest BCUT2D eigenvalue weighted by atomic mass is 10.2. The minimum atomic E-state index is -0.450. The molecule has 1 fully saturated rings. The predicted octanol–water partition coefficient (Wildman–Crippen LogP) is 3.19. The van der Waals surface area contributed by atoms with Crippen molar-refractivity contribution >= 4 is 22.9 Å². The molecule has 0 spiro atoms. The fourth-order valence-electron chi connectivity index (χ4n) is 1.17. The van der Waals surface area contributed by atoms with Gasteiger partial charge in [-0.1, -0.05) is 36.4 Å². The van der Waals surface area contributed by atoms with Crippen molar-refractivity contribution in [2.75, 3.05) is 13.2 Å². The van der Waals surface area contributed by atoms with Gasteiger partial charge in [0, 0.05) is 0 Å². The van der Waals surface area contributed by atoms with E-state index >= 15 is 0 Å². The summed E-state index contributed by atoms with van der Waals surface area (Å²) >= 11 is 5.10. The summed E-state index contributed by atoms with van der Waals surface area (Å²) in [4.78, 5) is 19.4. The molecule has 1 aliphatic rings. The highest BCUT2D eigenvalue weighted by Crippen LogP contribution is 2.01. The Morgan fingerprint density at radius 3 is 2.12 bits per heavy atom. The van der Waals surface area contributed by atoms with Crippen LogP contribution in [0.3, 0.4) is 0 Å². The number of rotatable bonds is 2. The number of carbonyl (C=O) groups is 1. The molecule has 1 aliphatic heterocycles. The van der Waals surface area contributed by atoms with Crippen molar-refractivity contribution in [2.45, 2.75) is 12.8 Å². The highest BCUT2D eigenvalue weighted by molar-refractivity contribution is 6.66. The molecule has 17 heavy (non-hydrogen) atoms. The Morgan fingerprint density at radius 1 is 1.12 bits per heavy atom. The van der Waals surface area contributed by atoms with Gasteiger partial charge < -0.3 is 0 Å². The Hall–Kier alpha value is -1.16. The monoisotopic (exact) mass is 254 g/mol. The van der Waals surface area contributed by atoms with Crippen molar-refractivity contribution < 1.29 is 14.6 Å². The molecule has 0 N–H and O–H groups in total. The second-order valence-electron chi connectivity index (χ2n) is 3.40. The van der Waals surface area contributed by atoms with Gasteiger partial charge in [-0.05, 0) is 36.1 Å². The van der Waals surface area contributed by atoms with Crippen LogP contribution in [0.4, 0.5) is 0 Å². The number of hydrogen-bond donors (Lipinski definition) is 0. The third kappa shape index (κ3) is 7.69. The Balaban J connectivity index is 0.000000202. The van der Waals surface area contributed by atoms with Crippen molar-refractivity contribution in [1.29, 1.82) is 0 Å². The average Bonchev–Trinajstić information content (AvgIpc) is 2.40. The Kier molecular flexibility index (Phi) is 7.30. The van der Waals surface area contributed by atoms with Crippen LogP contribution in [0.5, 0.6) is 0 Å². The maximum Gasteiger partial charge on any atom is 0.245 e. The molecule has 1 aromatic carbocycles. The van der Waals surface area contributed by atoms with E-state index in [1.807, 2.05) is 30.3 Å². The molecule has 0 aromatic heterocycles. The smallest absolute Gasteiger partial charge is 0.245 e. The van der Waals surface area contributed by atoms with E-state index in [9.17, 15) is 4.79 Å². The average molecular weight is 255 g/mol. The van der Waals surface area contributed by atoms with Gasteiger partial charge in [0.05, 0.1) is 13.2 Å². The topological polar surface area (TPSA) is 35.5 Å². The Morgan fingerprint density at radius 2 is 1.71 bits per heavy atom. The van der Waals surface area contributed by atoms with Crippen LogP contribution >= 0.6 is 11.6 Å². The van der Waals surface area contributed by atoms with Crippen LogP contribution in [0, 0.1) is 0 Å². The maximum absolute atomic E-state index is 10.3. The van der Waals surface area contributed by atoms with Gasteiger partial charge in [-0.15, -0.1) is 0 Å². The first kappa shape index (κ1) is 13.9. The van der Waals surface area contributed by atoms with E-state index in [4.69, 9.17) is 11.6 Å². The second-order valence-corrected chi connectivity index (χ2v) is 3.77. The van der Waals surface area contributed by atoms with Gasteiger partial charge in [0.2, 0.25) is 5.24 Å². The van der Waals surface area contributed by atoms with Crippen molar-refractivity contribution in [3.05, 3.63) is 42.0 Å². The molecule has 1 aromatic rings. The first-order valence-electron chi connectivity index (χ1n) is 5.46. The van der Waals surface area contributed by atoms with E-state index in [-0.39, 0.29) is 0 Å². The number of carbonyl (C=O) groups excluding carboxylic acids is 1. The second kappa shape index (κ2) is 8.93. The van der Waals surface area contributed by atoms with Gasteiger partial charge in [0.1, 0.15) is 0 Å². The first-order valence-corrected chi connectivity index (χ1v) is 5.84. The first-order chi connectivity index (χ1) is 8.29. The molecule has 0 radical (unpaired) electrons.